The van der Waals surface area contributed by atoms with E-state index in [4.69, 9.17) is 23.7 Å². The lowest BCUT2D eigenvalue weighted by Crippen LogP contribution is -2.47. The average Bonchev–Trinajstić information content (AvgIpc) is 2.66. The zero-order chi connectivity index (χ0) is 25.9. The van der Waals surface area contributed by atoms with Crippen molar-refractivity contribution in [3.63, 3.8) is 0 Å². The van der Waals surface area contributed by atoms with E-state index < -0.39 is 11.0 Å². The number of aliphatic hydroxyl groups is 1. The lowest BCUT2D eigenvalue weighted by molar-refractivity contribution is -0.173. The molecular formula is C27H56O6. The molecule has 0 aromatic rings. The maximum Gasteiger partial charge on any atom is 0.0649 e. The predicted molar refractivity (Wildman–Crippen MR) is 136 cm³/mol. The Bertz CT molecular complexity index is 499. The maximum absolute atomic E-state index is 9.40. The van der Waals surface area contributed by atoms with Crippen molar-refractivity contribution < 1.29 is 28.8 Å². The van der Waals surface area contributed by atoms with Crippen molar-refractivity contribution in [2.75, 3.05) is 39.6 Å². The van der Waals surface area contributed by atoms with Crippen LogP contribution in [0.1, 0.15) is 95.9 Å². The first-order chi connectivity index (χ1) is 15.0. The van der Waals surface area contributed by atoms with Gasteiger partial charge in [-0.3, -0.25) is 0 Å². The second-order valence-corrected chi connectivity index (χ2v) is 12.1. The fourth-order valence-electron chi connectivity index (χ4n) is 2.77. The SMILES string of the molecule is CC(C)OCC(COC(C)C)(COC(C)(C)CCO)COC(C)(C)CCOC(C)(C)C(C)C. The van der Waals surface area contributed by atoms with Crippen LogP contribution in [0.4, 0.5) is 0 Å². The van der Waals surface area contributed by atoms with Crippen molar-refractivity contribution in [3.8, 4) is 0 Å². The van der Waals surface area contributed by atoms with Crippen LogP contribution in [0.5, 0.6) is 0 Å². The fraction of sp³-hybridized carbons (Fsp3) is 1.00. The van der Waals surface area contributed by atoms with Crippen LogP contribution < -0.4 is 0 Å². The molecule has 0 heterocycles. The van der Waals surface area contributed by atoms with Gasteiger partial charge in [-0.1, -0.05) is 13.8 Å². The highest BCUT2D eigenvalue weighted by Gasteiger charge is 2.37. The minimum Gasteiger partial charge on any atom is -0.396 e. The molecule has 0 fully saturated rings. The summed E-state index contributed by atoms with van der Waals surface area (Å²) in [7, 11) is 0. The molecule has 0 spiro atoms. The third-order valence-electron chi connectivity index (χ3n) is 6.27. The molecule has 0 aliphatic heterocycles. The first kappa shape index (κ1) is 32.8. The molecule has 200 valence electrons. The molecule has 1 N–H and O–H groups in total. The monoisotopic (exact) mass is 476 g/mol. The molecular weight excluding hydrogens is 420 g/mol. The third kappa shape index (κ3) is 14.7. The summed E-state index contributed by atoms with van der Waals surface area (Å²) in [5, 5.41) is 9.40. The van der Waals surface area contributed by atoms with Crippen molar-refractivity contribution in [3.05, 3.63) is 0 Å². The van der Waals surface area contributed by atoms with Gasteiger partial charge in [-0.2, -0.15) is 0 Å². The Hall–Kier alpha value is -0.240. The Morgan fingerprint density at radius 3 is 1.39 bits per heavy atom. The van der Waals surface area contributed by atoms with Gasteiger partial charge in [0.1, 0.15) is 0 Å². The fourth-order valence-corrected chi connectivity index (χ4v) is 2.77. The van der Waals surface area contributed by atoms with Gasteiger partial charge in [0.25, 0.3) is 0 Å². The highest BCUT2D eigenvalue weighted by atomic mass is 16.5. The van der Waals surface area contributed by atoms with Crippen LogP contribution in [0.2, 0.25) is 0 Å². The predicted octanol–water partition coefficient (Wildman–Crippen LogP) is 5.64. The average molecular weight is 477 g/mol. The van der Waals surface area contributed by atoms with E-state index in [1.807, 2.05) is 41.5 Å². The largest absolute Gasteiger partial charge is 0.396 e. The van der Waals surface area contributed by atoms with E-state index in [0.717, 1.165) is 6.42 Å². The summed E-state index contributed by atoms with van der Waals surface area (Å²) in [6.45, 7) is 27.5. The van der Waals surface area contributed by atoms with E-state index in [0.29, 0.717) is 45.4 Å². The molecule has 0 rings (SSSR count). The lowest BCUT2D eigenvalue weighted by Gasteiger charge is -2.40. The number of ether oxygens (including phenoxy) is 5. The number of hydrogen-bond acceptors (Lipinski definition) is 6. The molecule has 0 atom stereocenters. The Morgan fingerprint density at radius 2 is 1.03 bits per heavy atom. The summed E-state index contributed by atoms with van der Waals surface area (Å²) in [6, 6.07) is 0. The summed E-state index contributed by atoms with van der Waals surface area (Å²) in [4.78, 5) is 0. The summed E-state index contributed by atoms with van der Waals surface area (Å²) >= 11 is 0. The van der Waals surface area contributed by atoms with Gasteiger partial charge in [-0.15, -0.1) is 0 Å². The van der Waals surface area contributed by atoms with Gasteiger partial charge < -0.3 is 28.8 Å². The zero-order valence-electron chi connectivity index (χ0n) is 23.9. The molecule has 0 saturated heterocycles. The summed E-state index contributed by atoms with van der Waals surface area (Å²) in [5.74, 6) is 0.440. The maximum atomic E-state index is 9.40. The van der Waals surface area contributed by atoms with E-state index in [-0.39, 0.29) is 30.0 Å². The molecule has 33 heavy (non-hydrogen) atoms. The highest BCUT2D eigenvalue weighted by Crippen LogP contribution is 2.29. The first-order valence-electron chi connectivity index (χ1n) is 12.7. The summed E-state index contributed by atoms with van der Waals surface area (Å²) < 4.78 is 31.1. The van der Waals surface area contributed by atoms with Crippen LogP contribution in [0.25, 0.3) is 0 Å². The van der Waals surface area contributed by atoms with Crippen LogP contribution in [-0.2, 0) is 23.7 Å². The van der Waals surface area contributed by atoms with E-state index in [9.17, 15) is 5.11 Å². The van der Waals surface area contributed by atoms with E-state index in [1.54, 1.807) is 0 Å². The second-order valence-electron chi connectivity index (χ2n) is 12.1. The quantitative estimate of drug-likeness (QED) is 0.260. The Kier molecular flexibility index (Phi) is 14.2. The normalized spacial score (nSPS) is 14.2. The molecule has 0 amide bonds. The zero-order valence-corrected chi connectivity index (χ0v) is 23.9. The van der Waals surface area contributed by atoms with Gasteiger partial charge >= 0.3 is 0 Å². The van der Waals surface area contributed by atoms with Crippen molar-refractivity contribution in [1.82, 2.24) is 0 Å². The van der Waals surface area contributed by atoms with Crippen LogP contribution >= 0.6 is 0 Å². The van der Waals surface area contributed by atoms with Crippen molar-refractivity contribution >= 4 is 0 Å². The van der Waals surface area contributed by atoms with Crippen molar-refractivity contribution in [2.45, 2.75) is 125 Å². The van der Waals surface area contributed by atoms with Gasteiger partial charge in [-0.25, -0.2) is 0 Å². The van der Waals surface area contributed by atoms with Crippen molar-refractivity contribution in [2.24, 2.45) is 11.3 Å². The van der Waals surface area contributed by atoms with Gasteiger partial charge in [0, 0.05) is 6.61 Å². The van der Waals surface area contributed by atoms with Gasteiger partial charge in [0.05, 0.1) is 67.5 Å². The molecule has 0 saturated carbocycles. The second kappa shape index (κ2) is 14.4. The molecule has 6 heteroatoms. The number of aliphatic hydroxyl groups excluding tert-OH is 1. The summed E-state index contributed by atoms with van der Waals surface area (Å²) in [5.41, 5.74) is -1.44. The van der Waals surface area contributed by atoms with Crippen LogP contribution in [0.15, 0.2) is 0 Å². The van der Waals surface area contributed by atoms with E-state index >= 15 is 0 Å². The lowest BCUT2D eigenvalue weighted by atomic mass is 9.90. The van der Waals surface area contributed by atoms with Gasteiger partial charge in [-0.05, 0) is 88.0 Å². The molecule has 0 aromatic carbocycles. The minimum absolute atomic E-state index is 0.0846. The molecule has 0 bridgehead atoms. The Labute approximate surface area is 205 Å². The van der Waals surface area contributed by atoms with Crippen LogP contribution in [0, 0.1) is 11.3 Å². The van der Waals surface area contributed by atoms with E-state index in [2.05, 4.69) is 41.5 Å². The molecule has 0 unspecified atom stereocenters. The Balaban J connectivity index is 5.39. The van der Waals surface area contributed by atoms with E-state index in [1.165, 1.54) is 0 Å². The Morgan fingerprint density at radius 1 is 0.606 bits per heavy atom. The molecule has 0 radical (unpaired) electrons. The smallest absolute Gasteiger partial charge is 0.0649 e. The van der Waals surface area contributed by atoms with Crippen LogP contribution in [0.3, 0.4) is 0 Å². The number of hydrogen-bond donors (Lipinski definition) is 1. The number of rotatable bonds is 19. The molecule has 6 nitrogen and oxygen atoms in total. The third-order valence-corrected chi connectivity index (χ3v) is 6.27. The van der Waals surface area contributed by atoms with Crippen molar-refractivity contribution in [1.29, 1.82) is 0 Å². The van der Waals surface area contributed by atoms with Crippen LogP contribution in [-0.4, -0.2) is 73.8 Å². The molecule has 0 aliphatic rings. The highest BCUT2D eigenvalue weighted by molar-refractivity contribution is 4.84. The van der Waals surface area contributed by atoms with Gasteiger partial charge in [0.2, 0.25) is 0 Å². The van der Waals surface area contributed by atoms with Gasteiger partial charge in [0.15, 0.2) is 0 Å². The standard InChI is InChI=1S/C27H56O6/c1-21(2)26(11,12)31-16-14-25(9,10)33-20-27(17-29-22(3)4,18-30-23(5)6)19-32-24(7,8)13-15-28/h21-23,28H,13-20H2,1-12H3. The first-order valence-corrected chi connectivity index (χ1v) is 12.7. The molecule has 0 aromatic heterocycles. The minimum atomic E-state index is -0.462. The summed E-state index contributed by atoms with van der Waals surface area (Å²) in [6.07, 6.45) is 1.53. The topological polar surface area (TPSA) is 66.4 Å². The molecule has 0 aliphatic carbocycles.